The molecule has 1 radical (unpaired) electrons. The minimum atomic E-state index is 0. The average Bonchev–Trinajstić information content (AvgIpc) is 2.15. The van der Waals surface area contributed by atoms with Crippen molar-refractivity contribution in [3.63, 3.8) is 0 Å². The molecular weight excluding hydrogens is 249 g/mol. The van der Waals surface area contributed by atoms with Gasteiger partial charge in [0.1, 0.15) is 0 Å². The molecule has 1 heterocycles. The Bertz CT molecular complexity index is 133. The molecule has 1 N–H and O–H groups in total. The third-order valence-corrected chi connectivity index (χ3v) is 2.75. The number of nitrogens with zero attached hydrogens (tertiary/aromatic N) is 1. The molecule has 0 unspecified atom stereocenters. The van der Waals surface area contributed by atoms with E-state index >= 15 is 0 Å². The molecule has 0 amide bonds. The van der Waals surface area contributed by atoms with Gasteiger partial charge in [0.2, 0.25) is 0 Å². The van der Waals surface area contributed by atoms with Gasteiger partial charge in [0.25, 0.3) is 0 Å². The van der Waals surface area contributed by atoms with E-state index < -0.39 is 0 Å². The molecule has 1 aliphatic heterocycles. The van der Waals surface area contributed by atoms with Crippen LogP contribution in [0, 0.1) is 12.8 Å². The standard InChI is InChI=1S/C11H22N2.Y/c1-4-13(10(2)3)9-11-5-7-12-8-6-11;/h10,12H,1,4-9H2,2-3H3;/q-2;. The van der Waals surface area contributed by atoms with Gasteiger partial charge in [-0.3, -0.25) is 5.92 Å². The summed E-state index contributed by atoms with van der Waals surface area (Å²) in [7, 11) is 0. The fourth-order valence-electron chi connectivity index (χ4n) is 1.75. The van der Waals surface area contributed by atoms with Gasteiger partial charge in [-0.15, -0.1) is 13.1 Å². The predicted molar refractivity (Wildman–Crippen MR) is 57.4 cm³/mol. The normalized spacial score (nSPS) is 18.6. The second kappa shape index (κ2) is 8.21. The van der Waals surface area contributed by atoms with Crippen molar-refractivity contribution in [2.75, 3.05) is 26.2 Å². The van der Waals surface area contributed by atoms with E-state index in [1.165, 1.54) is 25.9 Å². The summed E-state index contributed by atoms with van der Waals surface area (Å²) in [6.07, 6.45) is 2.51. The Kier molecular flexibility index (Phi) is 8.81. The van der Waals surface area contributed by atoms with Crippen LogP contribution in [0.5, 0.6) is 0 Å². The number of rotatable bonds is 4. The summed E-state index contributed by atoms with van der Waals surface area (Å²) in [6, 6.07) is 0.625. The van der Waals surface area contributed by atoms with Gasteiger partial charge in [-0.25, -0.2) is 0 Å². The molecule has 1 saturated heterocycles. The molecule has 0 aromatic heterocycles. The second-order valence-electron chi connectivity index (χ2n) is 4.06. The van der Waals surface area contributed by atoms with Crippen LogP contribution >= 0.6 is 0 Å². The summed E-state index contributed by atoms with van der Waals surface area (Å²) >= 11 is 0. The molecule has 1 aliphatic rings. The molecule has 1 fully saturated rings. The molecule has 1 rings (SSSR count). The summed E-state index contributed by atoms with van der Waals surface area (Å²) in [5.41, 5.74) is 0. The van der Waals surface area contributed by atoms with Gasteiger partial charge >= 0.3 is 0 Å². The van der Waals surface area contributed by atoms with Crippen LogP contribution in [0.15, 0.2) is 0 Å². The number of hydrogen-bond donors (Lipinski definition) is 1. The zero-order chi connectivity index (χ0) is 9.68. The van der Waals surface area contributed by atoms with Crippen molar-refractivity contribution in [2.24, 2.45) is 0 Å². The molecule has 0 bridgehead atoms. The minimum Gasteiger partial charge on any atom is -0.360 e. The van der Waals surface area contributed by atoms with Crippen molar-refractivity contribution in [1.29, 1.82) is 0 Å². The van der Waals surface area contributed by atoms with E-state index in [1.54, 1.807) is 5.92 Å². The Balaban J connectivity index is 0.00000169. The maximum absolute atomic E-state index is 3.97. The first-order chi connectivity index (χ1) is 6.24. The van der Waals surface area contributed by atoms with Gasteiger partial charge in [-0.05, 0) is 19.1 Å². The Morgan fingerprint density at radius 3 is 2.36 bits per heavy atom. The summed E-state index contributed by atoms with van der Waals surface area (Å²) in [4.78, 5) is 2.43. The molecule has 0 aliphatic carbocycles. The van der Waals surface area contributed by atoms with E-state index in [4.69, 9.17) is 0 Å². The molecule has 0 aromatic carbocycles. The van der Waals surface area contributed by atoms with Crippen molar-refractivity contribution in [3.8, 4) is 0 Å². The number of nitrogens with one attached hydrogen (secondary N) is 1. The number of piperidine rings is 1. The molecule has 0 aromatic rings. The first-order valence-corrected chi connectivity index (χ1v) is 5.31. The van der Waals surface area contributed by atoms with Crippen LogP contribution in [0.1, 0.15) is 26.7 Å². The van der Waals surface area contributed by atoms with Gasteiger partial charge in [-0.1, -0.05) is 13.8 Å². The number of hydrogen-bond acceptors (Lipinski definition) is 2. The summed E-state index contributed by atoms with van der Waals surface area (Å²) in [5, 5.41) is 3.38. The van der Waals surface area contributed by atoms with Crippen molar-refractivity contribution < 1.29 is 32.7 Å². The van der Waals surface area contributed by atoms with Crippen molar-refractivity contribution in [3.05, 3.63) is 12.8 Å². The van der Waals surface area contributed by atoms with Crippen LogP contribution < -0.4 is 5.32 Å². The van der Waals surface area contributed by atoms with Crippen molar-refractivity contribution in [1.82, 2.24) is 10.2 Å². The molecule has 3 heteroatoms. The third kappa shape index (κ3) is 5.20. The van der Waals surface area contributed by atoms with Gasteiger partial charge in [-0.2, -0.15) is 12.8 Å². The Morgan fingerprint density at radius 2 is 1.93 bits per heavy atom. The maximum Gasteiger partial charge on any atom is 0 e. The fraction of sp³-hybridized carbons (Fsp3) is 0.818. The molecule has 0 atom stereocenters. The Hall–Kier alpha value is 1.02. The maximum atomic E-state index is 3.97. The van der Waals surface area contributed by atoms with E-state index in [1.807, 2.05) is 0 Å². The van der Waals surface area contributed by atoms with E-state index in [2.05, 4.69) is 31.0 Å². The van der Waals surface area contributed by atoms with Crippen LogP contribution in [-0.4, -0.2) is 37.1 Å². The molecule has 0 saturated carbocycles. The zero-order valence-electron chi connectivity index (χ0n) is 9.55. The van der Waals surface area contributed by atoms with Crippen LogP contribution in [0.2, 0.25) is 0 Å². The zero-order valence-corrected chi connectivity index (χ0v) is 12.4. The third-order valence-electron chi connectivity index (χ3n) is 2.75. The van der Waals surface area contributed by atoms with Crippen LogP contribution in [0.4, 0.5) is 0 Å². The topological polar surface area (TPSA) is 15.3 Å². The van der Waals surface area contributed by atoms with Crippen LogP contribution in [-0.2, 0) is 32.7 Å². The van der Waals surface area contributed by atoms with Gasteiger partial charge < -0.3 is 17.1 Å². The predicted octanol–water partition coefficient (Wildman–Crippen LogP) is 1.49. The van der Waals surface area contributed by atoms with Gasteiger partial charge in [0.15, 0.2) is 0 Å². The van der Waals surface area contributed by atoms with Crippen LogP contribution in [0.25, 0.3) is 0 Å². The van der Waals surface area contributed by atoms with Gasteiger partial charge in [0.05, 0.1) is 0 Å². The fourth-order valence-corrected chi connectivity index (χ4v) is 1.75. The van der Waals surface area contributed by atoms with Crippen molar-refractivity contribution >= 4 is 0 Å². The van der Waals surface area contributed by atoms with Crippen LogP contribution in [0.3, 0.4) is 0 Å². The smallest absolute Gasteiger partial charge is 0 e. The molecule has 14 heavy (non-hydrogen) atoms. The molecule has 0 spiro atoms. The first kappa shape index (κ1) is 15.0. The largest absolute Gasteiger partial charge is 0.360 e. The SMILES string of the molecule is [CH2-]CN(C[C-]1CCNCC1)C(C)C.[Y]. The summed E-state index contributed by atoms with van der Waals surface area (Å²) < 4.78 is 0. The van der Waals surface area contributed by atoms with E-state index in [0.717, 1.165) is 13.1 Å². The average molecular weight is 271 g/mol. The quantitative estimate of drug-likeness (QED) is 0.779. The Labute approximate surface area is 114 Å². The Morgan fingerprint density at radius 1 is 1.36 bits per heavy atom. The molecule has 81 valence electrons. The summed E-state index contributed by atoms with van der Waals surface area (Å²) in [6.45, 7) is 12.9. The monoisotopic (exact) mass is 271 g/mol. The van der Waals surface area contributed by atoms with E-state index in [0.29, 0.717) is 6.04 Å². The summed E-state index contributed by atoms with van der Waals surface area (Å²) in [5.74, 6) is 1.69. The molecular formula is C11H22N2Y-2. The van der Waals surface area contributed by atoms with Gasteiger partial charge in [0, 0.05) is 32.7 Å². The van der Waals surface area contributed by atoms with Crippen molar-refractivity contribution in [2.45, 2.75) is 32.7 Å². The van der Waals surface area contributed by atoms with E-state index in [9.17, 15) is 0 Å². The second-order valence-corrected chi connectivity index (χ2v) is 4.06. The molecule has 2 nitrogen and oxygen atoms in total. The van der Waals surface area contributed by atoms with E-state index in [-0.39, 0.29) is 32.7 Å². The first-order valence-electron chi connectivity index (χ1n) is 5.31. The minimum absolute atomic E-state index is 0.